The molecule has 0 atom stereocenters. The number of nitrogens with one attached hydrogen (secondary N) is 2. The van der Waals surface area contributed by atoms with Gasteiger partial charge in [-0.15, -0.1) is 0 Å². The Morgan fingerprint density at radius 3 is 2.77 bits per heavy atom. The van der Waals surface area contributed by atoms with Gasteiger partial charge in [-0.1, -0.05) is 17.3 Å². The van der Waals surface area contributed by atoms with Crippen molar-refractivity contribution >= 4 is 5.96 Å². The van der Waals surface area contributed by atoms with E-state index in [1.807, 2.05) is 13.0 Å². The molecule has 0 saturated heterocycles. The number of hydrogen-bond acceptors (Lipinski definition) is 6. The van der Waals surface area contributed by atoms with Crippen molar-refractivity contribution in [3.63, 3.8) is 0 Å². The molecule has 0 fully saturated rings. The molecular formula is C18H27N5O3. The highest BCUT2D eigenvalue weighted by Crippen LogP contribution is 2.20. The Balaban J connectivity index is 1.85. The fraction of sp³-hybridized carbons (Fsp3) is 0.500. The van der Waals surface area contributed by atoms with Crippen LogP contribution < -0.4 is 15.4 Å². The molecule has 2 N–H and O–H groups in total. The first kappa shape index (κ1) is 19.7. The van der Waals surface area contributed by atoms with Gasteiger partial charge >= 0.3 is 0 Å². The van der Waals surface area contributed by atoms with Gasteiger partial charge in [-0.05, 0) is 25.5 Å². The van der Waals surface area contributed by atoms with Crippen molar-refractivity contribution in [2.24, 2.45) is 4.99 Å². The first-order valence-electron chi connectivity index (χ1n) is 8.57. The maximum Gasteiger partial charge on any atom is 0.228 e. The number of aryl methyl sites for hydroxylation is 2. The highest BCUT2D eigenvalue weighted by atomic mass is 16.5. The number of aromatic nitrogens is 2. The molecule has 0 radical (unpaired) electrons. The lowest BCUT2D eigenvalue weighted by molar-refractivity contribution is 0.145. The molecule has 0 unspecified atom stereocenters. The van der Waals surface area contributed by atoms with Gasteiger partial charge in [-0.2, -0.15) is 4.98 Å². The number of rotatable bonds is 9. The highest BCUT2D eigenvalue weighted by molar-refractivity contribution is 5.79. The lowest BCUT2D eigenvalue weighted by atomic mass is 10.1. The first-order chi connectivity index (χ1) is 12.6. The van der Waals surface area contributed by atoms with Gasteiger partial charge in [-0.3, -0.25) is 4.99 Å². The van der Waals surface area contributed by atoms with E-state index in [9.17, 15) is 0 Å². The molecule has 1 aromatic heterocycles. The molecular weight excluding hydrogens is 334 g/mol. The summed E-state index contributed by atoms with van der Waals surface area (Å²) in [6, 6.07) is 6.15. The van der Waals surface area contributed by atoms with Gasteiger partial charge in [-0.25, -0.2) is 0 Å². The Hall–Kier alpha value is -2.61. The van der Waals surface area contributed by atoms with E-state index in [1.165, 1.54) is 0 Å². The van der Waals surface area contributed by atoms with Crippen LogP contribution in [-0.4, -0.2) is 50.0 Å². The van der Waals surface area contributed by atoms with E-state index < -0.39 is 0 Å². The zero-order chi connectivity index (χ0) is 18.8. The molecule has 0 aliphatic heterocycles. The Morgan fingerprint density at radius 2 is 2.08 bits per heavy atom. The number of guanidine groups is 1. The lowest BCUT2D eigenvalue weighted by Gasteiger charge is -2.15. The summed E-state index contributed by atoms with van der Waals surface area (Å²) in [5.74, 6) is 2.80. The number of nitrogens with zero attached hydrogens (tertiary/aromatic N) is 3. The molecule has 8 heteroatoms. The normalized spacial score (nSPS) is 11.5. The van der Waals surface area contributed by atoms with Crippen LogP contribution in [0.25, 0.3) is 0 Å². The minimum absolute atomic E-state index is 0.517. The van der Waals surface area contributed by atoms with Crippen LogP contribution in [0.4, 0.5) is 0 Å². The Kier molecular flexibility index (Phi) is 7.88. The van der Waals surface area contributed by atoms with Gasteiger partial charge in [0, 0.05) is 39.2 Å². The fourth-order valence-corrected chi connectivity index (χ4v) is 2.31. The number of aliphatic imine (C=N–C) groups is 1. The van der Waals surface area contributed by atoms with Crippen molar-refractivity contribution in [1.29, 1.82) is 0 Å². The van der Waals surface area contributed by atoms with Crippen molar-refractivity contribution in [3.8, 4) is 5.75 Å². The molecule has 26 heavy (non-hydrogen) atoms. The molecule has 1 aromatic carbocycles. The van der Waals surface area contributed by atoms with E-state index in [-0.39, 0.29) is 0 Å². The highest BCUT2D eigenvalue weighted by Gasteiger charge is 2.07. The van der Waals surface area contributed by atoms with Crippen LogP contribution in [0.2, 0.25) is 0 Å². The maximum absolute atomic E-state index is 5.81. The average molecular weight is 361 g/mol. The summed E-state index contributed by atoms with van der Waals surface area (Å²) in [5.41, 5.74) is 2.21. The third-order valence-corrected chi connectivity index (χ3v) is 3.64. The summed E-state index contributed by atoms with van der Waals surface area (Å²) in [4.78, 5) is 8.41. The monoisotopic (exact) mass is 361 g/mol. The smallest absolute Gasteiger partial charge is 0.228 e. The van der Waals surface area contributed by atoms with Gasteiger partial charge in [0.15, 0.2) is 11.8 Å². The summed E-state index contributed by atoms with van der Waals surface area (Å²) in [7, 11) is 3.39. The molecule has 1 heterocycles. The van der Waals surface area contributed by atoms with Crippen molar-refractivity contribution in [1.82, 2.24) is 20.8 Å². The summed E-state index contributed by atoms with van der Waals surface area (Å²) in [6.07, 6.45) is 0.636. The maximum atomic E-state index is 5.81. The van der Waals surface area contributed by atoms with Crippen molar-refractivity contribution < 1.29 is 14.0 Å². The minimum atomic E-state index is 0.517. The quantitative estimate of drug-likeness (QED) is 0.398. The number of hydrogen-bond donors (Lipinski definition) is 2. The van der Waals surface area contributed by atoms with Crippen LogP contribution in [0.1, 0.15) is 22.8 Å². The molecule has 0 aliphatic rings. The molecule has 0 spiro atoms. The van der Waals surface area contributed by atoms with Crippen molar-refractivity contribution in [2.75, 3.05) is 33.9 Å². The van der Waals surface area contributed by atoms with E-state index in [0.29, 0.717) is 50.4 Å². The molecule has 2 aromatic rings. The van der Waals surface area contributed by atoms with Gasteiger partial charge in [0.2, 0.25) is 5.89 Å². The summed E-state index contributed by atoms with van der Waals surface area (Å²) < 4.78 is 16.0. The minimum Gasteiger partial charge on any atom is -0.491 e. The van der Waals surface area contributed by atoms with Crippen LogP contribution in [0.5, 0.6) is 5.75 Å². The summed E-state index contributed by atoms with van der Waals surface area (Å²) in [6.45, 7) is 6.16. The van der Waals surface area contributed by atoms with E-state index in [1.54, 1.807) is 21.1 Å². The molecule has 142 valence electrons. The van der Waals surface area contributed by atoms with Crippen molar-refractivity contribution in [3.05, 3.63) is 41.0 Å². The zero-order valence-corrected chi connectivity index (χ0v) is 15.8. The lowest BCUT2D eigenvalue weighted by Crippen LogP contribution is -2.38. The van der Waals surface area contributed by atoms with Crippen LogP contribution in [-0.2, 0) is 17.7 Å². The Labute approximate surface area is 154 Å². The SMILES string of the molecule is CN=C(NCCc1nc(C)no1)NCc1ccc(C)cc1OCCOC. The fourth-order valence-electron chi connectivity index (χ4n) is 2.31. The summed E-state index contributed by atoms with van der Waals surface area (Å²) in [5, 5.41) is 10.3. The number of methoxy groups -OCH3 is 1. The molecule has 0 amide bonds. The van der Waals surface area contributed by atoms with E-state index in [2.05, 4.69) is 37.9 Å². The molecule has 0 bridgehead atoms. The molecule has 2 rings (SSSR count). The third kappa shape index (κ3) is 6.36. The van der Waals surface area contributed by atoms with Crippen LogP contribution >= 0.6 is 0 Å². The van der Waals surface area contributed by atoms with Gasteiger partial charge < -0.3 is 24.6 Å². The topological polar surface area (TPSA) is 93.8 Å². The predicted molar refractivity (Wildman–Crippen MR) is 99.5 cm³/mol. The van der Waals surface area contributed by atoms with Crippen molar-refractivity contribution in [2.45, 2.75) is 26.8 Å². The molecule has 8 nitrogen and oxygen atoms in total. The van der Waals surface area contributed by atoms with Gasteiger partial charge in [0.1, 0.15) is 12.4 Å². The largest absolute Gasteiger partial charge is 0.491 e. The number of ether oxygens (including phenoxy) is 2. The average Bonchev–Trinajstić information content (AvgIpc) is 3.04. The Morgan fingerprint density at radius 1 is 1.23 bits per heavy atom. The van der Waals surface area contributed by atoms with Crippen LogP contribution in [0.3, 0.4) is 0 Å². The van der Waals surface area contributed by atoms with Gasteiger partial charge in [0.05, 0.1) is 6.61 Å². The second-order valence-electron chi connectivity index (χ2n) is 5.79. The standard InChI is InChI=1S/C18H27N5O3/c1-13-5-6-15(16(11-13)25-10-9-24-4)12-21-18(19-3)20-8-7-17-22-14(2)23-26-17/h5-6,11H,7-10,12H2,1-4H3,(H2,19,20,21). The zero-order valence-electron chi connectivity index (χ0n) is 15.8. The third-order valence-electron chi connectivity index (χ3n) is 3.64. The predicted octanol–water partition coefficient (Wildman–Crippen LogP) is 1.62. The molecule has 0 saturated carbocycles. The second kappa shape index (κ2) is 10.4. The van der Waals surface area contributed by atoms with Gasteiger partial charge in [0.25, 0.3) is 0 Å². The van der Waals surface area contributed by atoms with E-state index in [0.717, 1.165) is 16.9 Å². The van der Waals surface area contributed by atoms with E-state index in [4.69, 9.17) is 14.0 Å². The number of benzene rings is 1. The Bertz CT molecular complexity index is 715. The van der Waals surface area contributed by atoms with E-state index >= 15 is 0 Å². The van der Waals surface area contributed by atoms with Crippen LogP contribution in [0, 0.1) is 13.8 Å². The first-order valence-corrected chi connectivity index (χ1v) is 8.57. The van der Waals surface area contributed by atoms with Crippen LogP contribution in [0.15, 0.2) is 27.7 Å². The second-order valence-corrected chi connectivity index (χ2v) is 5.79. The summed E-state index contributed by atoms with van der Waals surface area (Å²) >= 11 is 0. The molecule has 0 aliphatic carbocycles.